The van der Waals surface area contributed by atoms with Gasteiger partial charge < -0.3 is 5.11 Å². The fourth-order valence-corrected chi connectivity index (χ4v) is 4.34. The molecule has 20 heavy (non-hydrogen) atoms. The summed E-state index contributed by atoms with van der Waals surface area (Å²) in [6.45, 7) is 4.31. The summed E-state index contributed by atoms with van der Waals surface area (Å²) < 4.78 is 27.5. The van der Waals surface area contributed by atoms with E-state index in [0.29, 0.717) is 29.5 Å². The van der Waals surface area contributed by atoms with Gasteiger partial charge in [-0.15, -0.1) is 0 Å². The summed E-state index contributed by atoms with van der Waals surface area (Å²) in [6.07, 6.45) is 3.38. The zero-order valence-electron chi connectivity index (χ0n) is 12.1. The third kappa shape index (κ3) is 3.40. The van der Waals surface area contributed by atoms with Crippen molar-refractivity contribution in [3.8, 4) is 0 Å². The molecule has 5 heteroatoms. The van der Waals surface area contributed by atoms with Crippen LogP contribution in [0.25, 0.3) is 0 Å². The van der Waals surface area contributed by atoms with Crippen LogP contribution in [-0.2, 0) is 16.6 Å². The van der Waals surface area contributed by atoms with E-state index in [1.807, 2.05) is 0 Å². The zero-order valence-corrected chi connectivity index (χ0v) is 12.9. The number of sulfonamides is 1. The summed E-state index contributed by atoms with van der Waals surface area (Å²) in [5.74, 6) is 1.14. The summed E-state index contributed by atoms with van der Waals surface area (Å²) in [7, 11) is -3.49. The Morgan fingerprint density at radius 2 is 2.10 bits per heavy atom. The molecular formula is C15H23NO3S. The van der Waals surface area contributed by atoms with E-state index in [1.54, 1.807) is 25.1 Å². The van der Waals surface area contributed by atoms with Crippen LogP contribution in [-0.4, -0.2) is 20.1 Å². The van der Waals surface area contributed by atoms with Gasteiger partial charge in [0.05, 0.1) is 11.5 Å². The van der Waals surface area contributed by atoms with Crippen LogP contribution in [0.5, 0.6) is 0 Å². The average Bonchev–Trinajstić information content (AvgIpc) is 2.82. The van der Waals surface area contributed by atoms with Gasteiger partial charge in [-0.1, -0.05) is 25.5 Å². The number of aliphatic hydroxyl groups excluding tert-OH is 1. The van der Waals surface area contributed by atoms with Crippen LogP contribution in [0.3, 0.4) is 0 Å². The molecule has 0 amide bonds. The van der Waals surface area contributed by atoms with Crippen LogP contribution in [0.2, 0.25) is 0 Å². The van der Waals surface area contributed by atoms with Gasteiger partial charge in [-0.3, -0.25) is 0 Å². The summed E-state index contributed by atoms with van der Waals surface area (Å²) >= 11 is 0. The van der Waals surface area contributed by atoms with Crippen molar-refractivity contribution in [2.75, 3.05) is 6.54 Å². The first kappa shape index (κ1) is 15.5. The van der Waals surface area contributed by atoms with E-state index >= 15 is 0 Å². The fraction of sp³-hybridized carbons (Fsp3) is 0.600. The van der Waals surface area contributed by atoms with Gasteiger partial charge in [-0.2, -0.15) is 0 Å². The molecule has 0 bridgehead atoms. The second-order valence-electron chi connectivity index (χ2n) is 5.83. The van der Waals surface area contributed by atoms with Crippen molar-refractivity contribution < 1.29 is 13.5 Å². The Labute approximate surface area is 121 Å². The molecular weight excluding hydrogens is 274 g/mol. The van der Waals surface area contributed by atoms with E-state index in [0.717, 1.165) is 12.8 Å². The summed E-state index contributed by atoms with van der Waals surface area (Å²) in [6, 6.07) is 5.01. The van der Waals surface area contributed by atoms with Crippen LogP contribution in [0.1, 0.15) is 37.3 Å². The number of hydrogen-bond acceptors (Lipinski definition) is 3. The van der Waals surface area contributed by atoms with E-state index in [1.165, 1.54) is 6.42 Å². The molecule has 4 nitrogen and oxygen atoms in total. The van der Waals surface area contributed by atoms with E-state index in [4.69, 9.17) is 0 Å². The molecule has 1 aromatic carbocycles. The smallest absolute Gasteiger partial charge is 0.240 e. The van der Waals surface area contributed by atoms with E-state index < -0.39 is 10.0 Å². The minimum atomic E-state index is -3.49. The van der Waals surface area contributed by atoms with E-state index in [-0.39, 0.29) is 11.5 Å². The predicted octanol–water partition coefficient (Wildman–Crippen LogP) is 2.20. The van der Waals surface area contributed by atoms with Gasteiger partial charge in [-0.05, 0) is 48.8 Å². The molecule has 2 N–H and O–H groups in total. The molecule has 1 aromatic rings. The van der Waals surface area contributed by atoms with Gasteiger partial charge in [0.15, 0.2) is 0 Å². The molecule has 2 rings (SSSR count). The van der Waals surface area contributed by atoms with Gasteiger partial charge in [-0.25, -0.2) is 13.1 Å². The van der Waals surface area contributed by atoms with Crippen LogP contribution in [0.4, 0.5) is 0 Å². The highest BCUT2D eigenvalue weighted by atomic mass is 32.2. The standard InChI is InChI=1S/C15H23NO3S/c1-11-6-7-13(8-11)9-16-20(18,19)15-5-3-4-14(10-17)12(15)2/h3-5,11,13,16-17H,6-10H2,1-2H3. The first-order valence-corrected chi connectivity index (χ1v) is 8.61. The maximum Gasteiger partial charge on any atom is 0.240 e. The predicted molar refractivity (Wildman–Crippen MR) is 78.8 cm³/mol. The second kappa shape index (κ2) is 6.24. The number of hydrogen-bond donors (Lipinski definition) is 2. The van der Waals surface area contributed by atoms with E-state index in [2.05, 4.69) is 11.6 Å². The molecule has 2 atom stereocenters. The number of nitrogens with one attached hydrogen (secondary N) is 1. The Bertz CT molecular complexity index is 568. The third-order valence-corrected chi connectivity index (χ3v) is 5.79. The molecule has 1 saturated carbocycles. The molecule has 0 radical (unpaired) electrons. The van der Waals surface area contributed by atoms with E-state index in [9.17, 15) is 13.5 Å². The van der Waals surface area contributed by atoms with Crippen molar-refractivity contribution >= 4 is 10.0 Å². The first-order valence-electron chi connectivity index (χ1n) is 7.13. The normalized spacial score (nSPS) is 23.1. The minimum Gasteiger partial charge on any atom is -0.392 e. The van der Waals surface area contributed by atoms with Crippen LogP contribution < -0.4 is 4.72 Å². The van der Waals surface area contributed by atoms with Crippen molar-refractivity contribution in [3.63, 3.8) is 0 Å². The van der Waals surface area contributed by atoms with Crippen molar-refractivity contribution in [1.82, 2.24) is 4.72 Å². The lowest BCUT2D eigenvalue weighted by Gasteiger charge is -2.14. The fourth-order valence-electron chi connectivity index (χ4n) is 2.94. The molecule has 0 heterocycles. The van der Waals surface area contributed by atoms with Gasteiger partial charge in [0.2, 0.25) is 10.0 Å². The molecule has 0 saturated heterocycles. The Hall–Kier alpha value is -0.910. The number of rotatable bonds is 5. The Balaban J connectivity index is 2.10. The van der Waals surface area contributed by atoms with Crippen LogP contribution in [0.15, 0.2) is 23.1 Å². The van der Waals surface area contributed by atoms with Gasteiger partial charge >= 0.3 is 0 Å². The highest BCUT2D eigenvalue weighted by Crippen LogP contribution is 2.30. The van der Waals surface area contributed by atoms with Crippen molar-refractivity contribution in [1.29, 1.82) is 0 Å². The summed E-state index contributed by atoms with van der Waals surface area (Å²) in [5, 5.41) is 9.23. The summed E-state index contributed by atoms with van der Waals surface area (Å²) in [4.78, 5) is 0.273. The van der Waals surface area contributed by atoms with Crippen LogP contribution >= 0.6 is 0 Å². The monoisotopic (exact) mass is 297 g/mol. The average molecular weight is 297 g/mol. The largest absolute Gasteiger partial charge is 0.392 e. The lowest BCUT2D eigenvalue weighted by molar-refractivity contribution is 0.280. The van der Waals surface area contributed by atoms with Gasteiger partial charge in [0, 0.05) is 6.54 Å². The van der Waals surface area contributed by atoms with Crippen molar-refractivity contribution in [2.24, 2.45) is 11.8 Å². The molecule has 0 aliphatic heterocycles. The second-order valence-corrected chi connectivity index (χ2v) is 7.57. The lowest BCUT2D eigenvalue weighted by Crippen LogP contribution is -2.29. The van der Waals surface area contributed by atoms with Gasteiger partial charge in [0.1, 0.15) is 0 Å². The SMILES string of the molecule is Cc1c(CO)cccc1S(=O)(=O)NCC1CCC(C)C1. The lowest BCUT2D eigenvalue weighted by atomic mass is 10.1. The molecule has 0 aromatic heterocycles. The molecule has 2 unspecified atom stereocenters. The Kier molecular flexibility index (Phi) is 4.83. The Morgan fingerprint density at radius 1 is 1.35 bits per heavy atom. The molecule has 1 fully saturated rings. The topological polar surface area (TPSA) is 66.4 Å². The molecule has 0 spiro atoms. The van der Waals surface area contributed by atoms with Crippen molar-refractivity contribution in [2.45, 2.75) is 44.6 Å². The van der Waals surface area contributed by atoms with Gasteiger partial charge in [0.25, 0.3) is 0 Å². The minimum absolute atomic E-state index is 0.144. The molecule has 1 aliphatic carbocycles. The third-order valence-electron chi connectivity index (χ3n) is 4.22. The molecule has 1 aliphatic rings. The first-order chi connectivity index (χ1) is 9.44. The number of aliphatic hydroxyl groups is 1. The Morgan fingerprint density at radius 3 is 2.70 bits per heavy atom. The molecule has 112 valence electrons. The quantitative estimate of drug-likeness (QED) is 0.875. The highest BCUT2D eigenvalue weighted by molar-refractivity contribution is 7.89. The maximum absolute atomic E-state index is 12.4. The maximum atomic E-state index is 12.4. The number of benzene rings is 1. The summed E-state index contributed by atoms with van der Waals surface area (Å²) in [5.41, 5.74) is 1.28. The van der Waals surface area contributed by atoms with Crippen LogP contribution in [0, 0.1) is 18.8 Å². The highest BCUT2D eigenvalue weighted by Gasteiger charge is 2.24. The zero-order chi connectivity index (χ0) is 14.8. The van der Waals surface area contributed by atoms with Crippen molar-refractivity contribution in [3.05, 3.63) is 29.3 Å².